The van der Waals surface area contributed by atoms with E-state index in [-0.39, 0.29) is 25.1 Å². The predicted octanol–water partition coefficient (Wildman–Crippen LogP) is 0.773. The highest BCUT2D eigenvalue weighted by molar-refractivity contribution is 5.95. The molecule has 0 bridgehead atoms. The van der Waals surface area contributed by atoms with Crippen molar-refractivity contribution in [2.24, 2.45) is 0 Å². The Morgan fingerprint density at radius 2 is 2.13 bits per heavy atom. The van der Waals surface area contributed by atoms with Crippen LogP contribution in [0.2, 0.25) is 0 Å². The molecule has 0 aliphatic carbocycles. The summed E-state index contributed by atoms with van der Waals surface area (Å²) in [4.78, 5) is 20.4. The Bertz CT molecular complexity index is 656. The number of hydrogen-bond acceptors (Lipinski definition) is 6. The highest BCUT2D eigenvalue weighted by Crippen LogP contribution is 2.19. The van der Waals surface area contributed by atoms with Gasteiger partial charge in [0.05, 0.1) is 25.5 Å². The van der Waals surface area contributed by atoms with Gasteiger partial charge in [-0.25, -0.2) is 9.97 Å². The van der Waals surface area contributed by atoms with Crippen LogP contribution in [-0.4, -0.2) is 47.3 Å². The smallest absolute Gasteiger partial charge is 0.251 e. The molecule has 0 spiro atoms. The highest BCUT2D eigenvalue weighted by Gasteiger charge is 2.08. The van der Waals surface area contributed by atoms with Crippen LogP contribution in [0.15, 0.2) is 30.3 Å². The topological polar surface area (TPSA) is 110 Å². The molecule has 2 aromatic rings. The average molecular weight is 316 g/mol. The fraction of sp³-hybridized carbons (Fsp3) is 0.312. The fourth-order valence-corrected chi connectivity index (χ4v) is 2.06. The third-order valence-corrected chi connectivity index (χ3v) is 3.06. The van der Waals surface area contributed by atoms with Gasteiger partial charge in [-0.2, -0.15) is 0 Å². The van der Waals surface area contributed by atoms with Crippen LogP contribution in [0.25, 0.3) is 11.3 Å². The van der Waals surface area contributed by atoms with E-state index >= 15 is 0 Å². The molecule has 1 amide bonds. The summed E-state index contributed by atoms with van der Waals surface area (Å²) < 4.78 is 5.09. The second-order valence-corrected chi connectivity index (χ2v) is 4.93. The number of anilines is 1. The predicted molar refractivity (Wildman–Crippen MR) is 86.9 cm³/mol. The van der Waals surface area contributed by atoms with Gasteiger partial charge >= 0.3 is 0 Å². The van der Waals surface area contributed by atoms with Gasteiger partial charge in [0.15, 0.2) is 0 Å². The third kappa shape index (κ3) is 5.01. The lowest BCUT2D eigenvalue weighted by molar-refractivity contribution is 0.0838. The maximum absolute atomic E-state index is 12.1. The monoisotopic (exact) mass is 316 g/mol. The number of benzene rings is 1. The molecule has 7 nitrogen and oxygen atoms in total. The van der Waals surface area contributed by atoms with Gasteiger partial charge in [0, 0.05) is 23.4 Å². The van der Waals surface area contributed by atoms with Crippen molar-refractivity contribution < 1.29 is 14.6 Å². The summed E-state index contributed by atoms with van der Waals surface area (Å²) in [5.74, 6) is 0.00841. The molecule has 0 radical (unpaired) electrons. The highest BCUT2D eigenvalue weighted by atomic mass is 16.5. The summed E-state index contributed by atoms with van der Waals surface area (Å²) in [6, 6.07) is 8.95. The van der Waals surface area contributed by atoms with E-state index in [2.05, 4.69) is 15.3 Å². The molecule has 1 heterocycles. The van der Waals surface area contributed by atoms with Gasteiger partial charge < -0.3 is 20.9 Å². The average Bonchev–Trinajstić information content (AvgIpc) is 2.53. The second kappa shape index (κ2) is 8.21. The first-order valence-electron chi connectivity index (χ1n) is 7.28. The fourth-order valence-electron chi connectivity index (χ4n) is 2.06. The number of nitrogens with one attached hydrogen (secondary N) is 1. The number of aliphatic hydroxyl groups is 1. The van der Waals surface area contributed by atoms with Crippen LogP contribution in [0.4, 0.5) is 5.95 Å². The summed E-state index contributed by atoms with van der Waals surface area (Å²) in [6.07, 6.45) is 0. The van der Waals surface area contributed by atoms with Crippen molar-refractivity contribution in [2.45, 2.75) is 6.92 Å². The zero-order valence-corrected chi connectivity index (χ0v) is 13.0. The summed E-state index contributed by atoms with van der Waals surface area (Å²) in [5, 5.41) is 11.4. The quantitative estimate of drug-likeness (QED) is 0.651. The lowest BCUT2D eigenvalue weighted by Gasteiger charge is -2.08. The molecule has 122 valence electrons. The molecule has 23 heavy (non-hydrogen) atoms. The van der Waals surface area contributed by atoms with E-state index in [9.17, 15) is 4.79 Å². The minimum atomic E-state index is -0.196. The zero-order chi connectivity index (χ0) is 16.7. The zero-order valence-electron chi connectivity index (χ0n) is 13.0. The van der Waals surface area contributed by atoms with E-state index in [1.165, 1.54) is 0 Å². The van der Waals surface area contributed by atoms with Gasteiger partial charge in [0.2, 0.25) is 5.95 Å². The Hall–Kier alpha value is -2.51. The summed E-state index contributed by atoms with van der Waals surface area (Å²) >= 11 is 0. The molecule has 2 rings (SSSR count). The van der Waals surface area contributed by atoms with Gasteiger partial charge in [0.1, 0.15) is 0 Å². The first kappa shape index (κ1) is 16.9. The van der Waals surface area contributed by atoms with E-state index in [0.717, 1.165) is 11.3 Å². The Morgan fingerprint density at radius 1 is 1.30 bits per heavy atom. The van der Waals surface area contributed by atoms with E-state index in [4.69, 9.17) is 15.6 Å². The number of aryl methyl sites for hydroxylation is 1. The standard InChI is InChI=1S/C16H20N4O3/c1-11-9-14(20-16(17)19-11)12-3-2-4-13(10-12)15(22)18-5-7-23-8-6-21/h2-4,9-10,21H,5-8H2,1H3,(H,18,22)(H2,17,19,20). The number of nitrogens with two attached hydrogens (primary N) is 1. The van der Waals surface area contributed by atoms with Gasteiger partial charge in [-0.1, -0.05) is 12.1 Å². The number of nitrogens with zero attached hydrogens (tertiary/aromatic N) is 2. The molecule has 4 N–H and O–H groups in total. The van der Waals surface area contributed by atoms with E-state index in [0.29, 0.717) is 24.4 Å². The summed E-state index contributed by atoms with van der Waals surface area (Å²) in [7, 11) is 0. The molecule has 0 saturated carbocycles. The molecule has 1 aromatic carbocycles. The van der Waals surface area contributed by atoms with Crippen LogP contribution in [0.5, 0.6) is 0 Å². The molecule has 0 atom stereocenters. The largest absolute Gasteiger partial charge is 0.394 e. The van der Waals surface area contributed by atoms with Crippen molar-refractivity contribution in [3.8, 4) is 11.3 Å². The number of nitrogen functional groups attached to an aromatic ring is 1. The van der Waals surface area contributed by atoms with E-state index in [1.807, 2.05) is 19.1 Å². The number of aromatic nitrogens is 2. The van der Waals surface area contributed by atoms with E-state index < -0.39 is 0 Å². The summed E-state index contributed by atoms with van der Waals surface area (Å²) in [6.45, 7) is 2.80. The van der Waals surface area contributed by atoms with Crippen LogP contribution in [-0.2, 0) is 4.74 Å². The second-order valence-electron chi connectivity index (χ2n) is 4.93. The molecule has 0 unspecified atom stereocenters. The minimum Gasteiger partial charge on any atom is -0.394 e. The number of carbonyl (C=O) groups is 1. The lowest BCUT2D eigenvalue weighted by Crippen LogP contribution is -2.27. The number of carbonyl (C=O) groups excluding carboxylic acids is 1. The third-order valence-electron chi connectivity index (χ3n) is 3.06. The lowest BCUT2D eigenvalue weighted by atomic mass is 10.1. The molecule has 7 heteroatoms. The minimum absolute atomic E-state index is 0.0303. The van der Waals surface area contributed by atoms with Gasteiger partial charge in [-0.05, 0) is 25.1 Å². The Balaban J connectivity index is 2.05. The van der Waals surface area contributed by atoms with Crippen molar-refractivity contribution in [1.82, 2.24) is 15.3 Å². The normalized spacial score (nSPS) is 10.5. The summed E-state index contributed by atoms with van der Waals surface area (Å²) in [5.41, 5.74) is 8.44. The number of amides is 1. The van der Waals surface area contributed by atoms with Crippen LogP contribution in [0.1, 0.15) is 16.1 Å². The maximum Gasteiger partial charge on any atom is 0.251 e. The first-order chi connectivity index (χ1) is 11.1. The molecular formula is C16H20N4O3. The van der Waals surface area contributed by atoms with Gasteiger partial charge in [0.25, 0.3) is 5.91 Å². The maximum atomic E-state index is 12.1. The molecule has 1 aromatic heterocycles. The Kier molecular flexibility index (Phi) is 6.02. The number of aliphatic hydroxyl groups excluding tert-OH is 1. The molecule has 0 aliphatic rings. The molecule has 0 fully saturated rings. The van der Waals surface area contributed by atoms with Gasteiger partial charge in [-0.15, -0.1) is 0 Å². The van der Waals surface area contributed by atoms with Crippen molar-refractivity contribution in [3.63, 3.8) is 0 Å². The van der Waals surface area contributed by atoms with Gasteiger partial charge in [-0.3, -0.25) is 4.79 Å². The number of rotatable bonds is 7. The van der Waals surface area contributed by atoms with Crippen LogP contribution in [0.3, 0.4) is 0 Å². The van der Waals surface area contributed by atoms with Crippen molar-refractivity contribution >= 4 is 11.9 Å². The van der Waals surface area contributed by atoms with Crippen LogP contribution in [0, 0.1) is 6.92 Å². The van der Waals surface area contributed by atoms with Crippen molar-refractivity contribution in [3.05, 3.63) is 41.6 Å². The van der Waals surface area contributed by atoms with Crippen LogP contribution >= 0.6 is 0 Å². The van der Waals surface area contributed by atoms with Crippen LogP contribution < -0.4 is 11.1 Å². The van der Waals surface area contributed by atoms with Crippen molar-refractivity contribution in [2.75, 3.05) is 32.1 Å². The van der Waals surface area contributed by atoms with E-state index in [1.54, 1.807) is 18.2 Å². The number of ether oxygens (including phenoxy) is 1. The van der Waals surface area contributed by atoms with Crippen molar-refractivity contribution in [1.29, 1.82) is 0 Å². The number of hydrogen-bond donors (Lipinski definition) is 3. The molecular weight excluding hydrogens is 296 g/mol. The Labute approximate surface area is 134 Å². The first-order valence-corrected chi connectivity index (χ1v) is 7.28. The Morgan fingerprint density at radius 3 is 2.87 bits per heavy atom. The SMILES string of the molecule is Cc1cc(-c2cccc(C(=O)NCCOCCO)c2)nc(N)n1. The molecule has 0 saturated heterocycles. The molecule has 0 aliphatic heterocycles.